The van der Waals surface area contributed by atoms with E-state index < -0.39 is 28.5 Å². The lowest BCUT2D eigenvalue weighted by atomic mass is 9.95. The predicted molar refractivity (Wildman–Crippen MR) is 151 cm³/mol. The molecular formula is C27H33Cl2N3O6S. The SMILES string of the molecule is CC(C(=O)NC1CCCCC1)N(Cc1ccc(Cl)c(Cl)c1)C(=O)CN(c1ccc2c(c1)OCCO2)S(C)(=O)=O. The number of hydrogen-bond donors (Lipinski definition) is 1. The van der Waals surface area contributed by atoms with E-state index in [1.165, 1.54) is 11.0 Å². The topological polar surface area (TPSA) is 105 Å². The Morgan fingerprint density at radius 3 is 2.36 bits per heavy atom. The number of benzene rings is 2. The summed E-state index contributed by atoms with van der Waals surface area (Å²) in [5.74, 6) is 0.0555. The van der Waals surface area contributed by atoms with Gasteiger partial charge in [0.15, 0.2) is 11.5 Å². The van der Waals surface area contributed by atoms with E-state index >= 15 is 0 Å². The summed E-state index contributed by atoms with van der Waals surface area (Å²) in [5, 5.41) is 3.75. The van der Waals surface area contributed by atoms with Gasteiger partial charge in [0.05, 0.1) is 22.0 Å². The molecule has 2 aromatic rings. The number of sulfonamides is 1. The zero-order valence-electron chi connectivity index (χ0n) is 22.0. The molecule has 2 aliphatic rings. The van der Waals surface area contributed by atoms with E-state index in [4.69, 9.17) is 32.7 Å². The van der Waals surface area contributed by atoms with E-state index in [2.05, 4.69) is 5.32 Å². The van der Waals surface area contributed by atoms with Gasteiger partial charge in [-0.15, -0.1) is 0 Å². The summed E-state index contributed by atoms with van der Waals surface area (Å²) in [7, 11) is -3.88. The summed E-state index contributed by atoms with van der Waals surface area (Å²) in [4.78, 5) is 28.4. The molecule has 1 N–H and O–H groups in total. The standard InChI is InChI=1S/C27H33Cl2N3O6S/c1-18(27(34)30-20-6-4-3-5-7-20)31(16-19-8-10-22(28)23(29)14-19)26(33)17-32(39(2,35)36)21-9-11-24-25(15-21)38-13-12-37-24/h8-11,14-15,18,20H,3-7,12-13,16-17H2,1-2H3,(H,30,34). The van der Waals surface area contributed by atoms with Crippen molar-refractivity contribution in [3.8, 4) is 11.5 Å². The van der Waals surface area contributed by atoms with Gasteiger partial charge < -0.3 is 19.7 Å². The Labute approximate surface area is 239 Å². The number of halogens is 2. The van der Waals surface area contributed by atoms with E-state index in [-0.39, 0.29) is 24.2 Å². The molecule has 0 spiro atoms. The Bertz CT molecular complexity index is 1320. The van der Waals surface area contributed by atoms with Gasteiger partial charge in [0.25, 0.3) is 0 Å². The fourth-order valence-electron chi connectivity index (χ4n) is 4.79. The van der Waals surface area contributed by atoms with Gasteiger partial charge in [0.2, 0.25) is 21.8 Å². The minimum atomic E-state index is -3.88. The van der Waals surface area contributed by atoms with Crippen LogP contribution in [0.15, 0.2) is 36.4 Å². The fraction of sp³-hybridized carbons (Fsp3) is 0.481. The number of anilines is 1. The van der Waals surface area contributed by atoms with Crippen LogP contribution in [0.5, 0.6) is 11.5 Å². The van der Waals surface area contributed by atoms with Gasteiger partial charge >= 0.3 is 0 Å². The van der Waals surface area contributed by atoms with Crippen LogP contribution in [-0.4, -0.2) is 63.2 Å². The average molecular weight is 599 g/mol. The molecule has 1 fully saturated rings. The molecule has 2 aromatic carbocycles. The molecule has 0 bridgehead atoms. The van der Waals surface area contributed by atoms with Gasteiger partial charge in [-0.2, -0.15) is 0 Å². The monoisotopic (exact) mass is 597 g/mol. The van der Waals surface area contributed by atoms with Crippen molar-refractivity contribution in [2.45, 2.75) is 57.7 Å². The number of amides is 2. The first-order chi connectivity index (χ1) is 18.5. The number of carbonyl (C=O) groups is 2. The Balaban J connectivity index is 1.60. The van der Waals surface area contributed by atoms with Gasteiger partial charge in [-0.25, -0.2) is 8.42 Å². The van der Waals surface area contributed by atoms with Crippen molar-refractivity contribution >= 4 is 50.7 Å². The van der Waals surface area contributed by atoms with Crippen molar-refractivity contribution in [3.63, 3.8) is 0 Å². The largest absolute Gasteiger partial charge is 0.486 e. The summed E-state index contributed by atoms with van der Waals surface area (Å²) in [5.41, 5.74) is 0.907. The highest BCUT2D eigenvalue weighted by Gasteiger charge is 2.31. The number of ether oxygens (including phenoxy) is 2. The van der Waals surface area contributed by atoms with E-state index in [0.717, 1.165) is 42.7 Å². The molecule has 1 heterocycles. The number of fused-ring (bicyclic) bond motifs is 1. The highest BCUT2D eigenvalue weighted by molar-refractivity contribution is 7.92. The Hall–Kier alpha value is -2.69. The molecule has 1 unspecified atom stereocenters. The number of nitrogens with one attached hydrogen (secondary N) is 1. The molecule has 39 heavy (non-hydrogen) atoms. The third-order valence-corrected chi connectivity index (χ3v) is 8.83. The molecule has 9 nitrogen and oxygen atoms in total. The lowest BCUT2D eigenvalue weighted by Gasteiger charge is -2.33. The first kappa shape index (κ1) is 29.3. The van der Waals surface area contributed by atoms with Crippen molar-refractivity contribution in [3.05, 3.63) is 52.0 Å². The summed E-state index contributed by atoms with van der Waals surface area (Å²) in [6.45, 7) is 1.89. The molecule has 0 aromatic heterocycles. The molecule has 1 aliphatic carbocycles. The maximum Gasteiger partial charge on any atom is 0.244 e. The molecule has 2 amide bonds. The average Bonchev–Trinajstić information content (AvgIpc) is 2.91. The second-order valence-electron chi connectivity index (χ2n) is 9.89. The van der Waals surface area contributed by atoms with Crippen molar-refractivity contribution in [2.75, 3.05) is 30.3 Å². The molecule has 1 atom stereocenters. The van der Waals surface area contributed by atoms with Crippen LogP contribution in [0.2, 0.25) is 10.0 Å². The Kier molecular flexibility index (Phi) is 9.51. The van der Waals surface area contributed by atoms with E-state index in [9.17, 15) is 18.0 Å². The first-order valence-corrected chi connectivity index (χ1v) is 15.5. The zero-order valence-corrected chi connectivity index (χ0v) is 24.3. The lowest BCUT2D eigenvalue weighted by molar-refractivity contribution is -0.139. The number of rotatable bonds is 9. The van der Waals surface area contributed by atoms with Gasteiger partial charge in [0, 0.05) is 18.7 Å². The van der Waals surface area contributed by atoms with E-state index in [0.29, 0.717) is 40.3 Å². The molecule has 0 radical (unpaired) electrons. The quantitative estimate of drug-likeness (QED) is 0.459. The maximum atomic E-state index is 13.8. The van der Waals surface area contributed by atoms with Crippen molar-refractivity contribution < 1.29 is 27.5 Å². The van der Waals surface area contributed by atoms with Gasteiger partial charge in [-0.05, 0) is 49.6 Å². The van der Waals surface area contributed by atoms with E-state index in [1.54, 1.807) is 37.3 Å². The Morgan fingerprint density at radius 1 is 1.00 bits per heavy atom. The van der Waals surface area contributed by atoms with Crippen molar-refractivity contribution in [1.82, 2.24) is 10.2 Å². The minimum absolute atomic E-state index is 0.0354. The van der Waals surface area contributed by atoms with Crippen LogP contribution >= 0.6 is 23.2 Å². The normalized spacial score (nSPS) is 16.3. The van der Waals surface area contributed by atoms with Crippen LogP contribution in [0.4, 0.5) is 5.69 Å². The van der Waals surface area contributed by atoms with Gasteiger partial charge in [-0.3, -0.25) is 13.9 Å². The molecule has 1 aliphatic heterocycles. The Morgan fingerprint density at radius 2 is 1.69 bits per heavy atom. The third-order valence-electron chi connectivity index (χ3n) is 6.95. The van der Waals surface area contributed by atoms with Crippen LogP contribution in [0.3, 0.4) is 0 Å². The fourth-order valence-corrected chi connectivity index (χ4v) is 5.95. The van der Waals surface area contributed by atoms with Crippen LogP contribution < -0.4 is 19.1 Å². The van der Waals surface area contributed by atoms with Crippen molar-refractivity contribution in [2.24, 2.45) is 0 Å². The highest BCUT2D eigenvalue weighted by Crippen LogP contribution is 2.35. The number of carbonyl (C=O) groups excluding carboxylic acids is 2. The summed E-state index contributed by atoms with van der Waals surface area (Å²) in [6, 6.07) is 8.86. The molecule has 0 saturated heterocycles. The zero-order chi connectivity index (χ0) is 28.2. The molecule has 1 saturated carbocycles. The van der Waals surface area contributed by atoms with E-state index in [1.807, 2.05) is 0 Å². The van der Waals surface area contributed by atoms with Crippen LogP contribution in [0, 0.1) is 0 Å². The summed E-state index contributed by atoms with van der Waals surface area (Å²) in [6.07, 6.45) is 6.05. The number of hydrogen-bond acceptors (Lipinski definition) is 6. The smallest absolute Gasteiger partial charge is 0.244 e. The van der Waals surface area contributed by atoms with Crippen LogP contribution in [0.1, 0.15) is 44.6 Å². The van der Waals surface area contributed by atoms with Gasteiger partial charge in [-0.1, -0.05) is 48.5 Å². The number of nitrogens with zero attached hydrogens (tertiary/aromatic N) is 2. The molecule has 212 valence electrons. The highest BCUT2D eigenvalue weighted by atomic mass is 35.5. The second kappa shape index (κ2) is 12.7. The van der Waals surface area contributed by atoms with Crippen LogP contribution in [0.25, 0.3) is 0 Å². The first-order valence-electron chi connectivity index (χ1n) is 12.9. The third kappa shape index (κ3) is 7.49. The minimum Gasteiger partial charge on any atom is -0.486 e. The summed E-state index contributed by atoms with van der Waals surface area (Å²) < 4.78 is 37.8. The molecular weight excluding hydrogens is 565 g/mol. The lowest BCUT2D eigenvalue weighted by Crippen LogP contribution is -2.53. The predicted octanol–water partition coefficient (Wildman–Crippen LogP) is 4.40. The molecule has 4 rings (SSSR count). The maximum absolute atomic E-state index is 13.8. The summed E-state index contributed by atoms with van der Waals surface area (Å²) >= 11 is 12.3. The van der Waals surface area contributed by atoms with Crippen LogP contribution in [-0.2, 0) is 26.2 Å². The molecule has 12 heteroatoms. The van der Waals surface area contributed by atoms with Gasteiger partial charge in [0.1, 0.15) is 25.8 Å². The van der Waals surface area contributed by atoms with Crippen molar-refractivity contribution in [1.29, 1.82) is 0 Å². The second-order valence-corrected chi connectivity index (χ2v) is 12.6.